The van der Waals surface area contributed by atoms with Gasteiger partial charge in [-0.3, -0.25) is 9.59 Å². The van der Waals surface area contributed by atoms with E-state index in [9.17, 15) is 19.5 Å². The van der Waals surface area contributed by atoms with Crippen LogP contribution < -0.4 is 11.1 Å². The third-order valence-electron chi connectivity index (χ3n) is 2.45. The van der Waals surface area contributed by atoms with Crippen molar-refractivity contribution in [3.8, 4) is 0 Å². The van der Waals surface area contributed by atoms with E-state index in [-0.39, 0.29) is 6.42 Å². The SMILES string of the molecule is CCCC(O)[C@H](NC(=O)[C@H](N)CC(=O)O)C(=O)OC. The number of carbonyl (C=O) groups is 3. The first-order valence-corrected chi connectivity index (χ1v) is 5.87. The number of carboxylic acids is 1. The van der Waals surface area contributed by atoms with Crippen molar-refractivity contribution < 1.29 is 29.3 Å². The Kier molecular flexibility index (Phi) is 7.69. The van der Waals surface area contributed by atoms with Gasteiger partial charge in [0.2, 0.25) is 5.91 Å². The summed E-state index contributed by atoms with van der Waals surface area (Å²) in [5.41, 5.74) is 5.36. The number of aliphatic carboxylic acids is 1. The Morgan fingerprint density at radius 1 is 1.37 bits per heavy atom. The molecule has 110 valence electrons. The number of carboxylic acid groups (broad SMARTS) is 1. The van der Waals surface area contributed by atoms with Crippen LogP contribution >= 0.6 is 0 Å². The van der Waals surface area contributed by atoms with Gasteiger partial charge in [0.25, 0.3) is 0 Å². The Hall–Kier alpha value is -1.67. The molecule has 0 rings (SSSR count). The van der Waals surface area contributed by atoms with Gasteiger partial charge in [0.1, 0.15) is 0 Å². The summed E-state index contributed by atoms with van der Waals surface area (Å²) in [6.45, 7) is 1.80. The number of carbonyl (C=O) groups excluding carboxylic acids is 2. The first-order chi connectivity index (χ1) is 8.83. The number of esters is 1. The smallest absolute Gasteiger partial charge is 0.331 e. The summed E-state index contributed by atoms with van der Waals surface area (Å²) in [4.78, 5) is 33.5. The minimum atomic E-state index is -1.29. The molecule has 0 aliphatic rings. The molecular formula is C11H20N2O6. The average molecular weight is 276 g/mol. The van der Waals surface area contributed by atoms with Gasteiger partial charge in [-0.15, -0.1) is 0 Å². The van der Waals surface area contributed by atoms with Crippen molar-refractivity contribution in [2.75, 3.05) is 7.11 Å². The Labute approximate surface area is 110 Å². The zero-order chi connectivity index (χ0) is 15.0. The fourth-order valence-electron chi connectivity index (χ4n) is 1.44. The summed E-state index contributed by atoms with van der Waals surface area (Å²) >= 11 is 0. The highest BCUT2D eigenvalue weighted by atomic mass is 16.5. The third-order valence-corrected chi connectivity index (χ3v) is 2.45. The Morgan fingerprint density at radius 2 is 1.95 bits per heavy atom. The number of aliphatic hydroxyl groups excluding tert-OH is 1. The molecule has 0 fully saturated rings. The van der Waals surface area contributed by atoms with Crippen molar-refractivity contribution in [3.05, 3.63) is 0 Å². The highest BCUT2D eigenvalue weighted by molar-refractivity contribution is 5.90. The van der Waals surface area contributed by atoms with Crippen LogP contribution in [0.1, 0.15) is 26.2 Å². The topological polar surface area (TPSA) is 139 Å². The molecule has 0 aliphatic heterocycles. The molecule has 0 radical (unpaired) electrons. The fourth-order valence-corrected chi connectivity index (χ4v) is 1.44. The lowest BCUT2D eigenvalue weighted by Gasteiger charge is -2.22. The van der Waals surface area contributed by atoms with Crippen LogP contribution in [0.5, 0.6) is 0 Å². The van der Waals surface area contributed by atoms with Crippen LogP contribution in [0, 0.1) is 0 Å². The van der Waals surface area contributed by atoms with Crippen molar-refractivity contribution in [3.63, 3.8) is 0 Å². The van der Waals surface area contributed by atoms with Gasteiger partial charge in [-0.25, -0.2) is 4.79 Å². The molecule has 1 amide bonds. The summed E-state index contributed by atoms with van der Waals surface area (Å²) in [7, 11) is 1.12. The maximum atomic E-state index is 11.6. The molecule has 0 spiro atoms. The highest BCUT2D eigenvalue weighted by Crippen LogP contribution is 2.05. The molecule has 0 aromatic rings. The second kappa shape index (κ2) is 8.44. The van der Waals surface area contributed by atoms with Gasteiger partial charge in [0.15, 0.2) is 6.04 Å². The van der Waals surface area contributed by atoms with Crippen molar-refractivity contribution in [1.82, 2.24) is 5.32 Å². The normalized spacial score (nSPS) is 15.2. The number of amides is 1. The molecule has 0 bridgehead atoms. The predicted molar refractivity (Wildman–Crippen MR) is 65.1 cm³/mol. The van der Waals surface area contributed by atoms with Crippen LogP contribution in [0.3, 0.4) is 0 Å². The minimum absolute atomic E-state index is 0.286. The van der Waals surface area contributed by atoms with Gasteiger partial charge in [-0.2, -0.15) is 0 Å². The number of nitrogens with one attached hydrogen (secondary N) is 1. The van der Waals surface area contributed by atoms with Gasteiger partial charge in [-0.1, -0.05) is 13.3 Å². The second-order valence-electron chi connectivity index (χ2n) is 4.07. The van der Waals surface area contributed by atoms with Crippen molar-refractivity contribution in [2.24, 2.45) is 5.73 Å². The molecule has 0 aliphatic carbocycles. The van der Waals surface area contributed by atoms with E-state index in [1.54, 1.807) is 6.92 Å². The first kappa shape index (κ1) is 17.3. The number of hydrogen-bond acceptors (Lipinski definition) is 6. The summed E-state index contributed by atoms with van der Waals surface area (Å²) in [6.07, 6.45) is -0.790. The zero-order valence-corrected chi connectivity index (χ0v) is 11.0. The maximum Gasteiger partial charge on any atom is 0.331 e. The first-order valence-electron chi connectivity index (χ1n) is 5.87. The standard InChI is InChI=1S/C11H20N2O6/c1-3-4-7(14)9(11(18)19-2)13-10(17)6(12)5-8(15)16/h6-7,9,14H,3-5,12H2,1-2H3,(H,13,17)(H,15,16)/t6-,7?,9+/m1/s1. The zero-order valence-electron chi connectivity index (χ0n) is 11.0. The molecule has 8 nitrogen and oxygen atoms in total. The Balaban J connectivity index is 4.67. The van der Waals surface area contributed by atoms with Crippen LogP contribution in [-0.2, 0) is 19.1 Å². The van der Waals surface area contributed by atoms with Gasteiger partial charge in [-0.05, 0) is 6.42 Å². The van der Waals surface area contributed by atoms with Gasteiger partial charge in [0, 0.05) is 0 Å². The van der Waals surface area contributed by atoms with Crippen LogP contribution in [0.15, 0.2) is 0 Å². The number of hydrogen-bond donors (Lipinski definition) is 4. The lowest BCUT2D eigenvalue weighted by molar-refractivity contribution is -0.148. The van der Waals surface area contributed by atoms with Crippen LogP contribution in [0.25, 0.3) is 0 Å². The minimum Gasteiger partial charge on any atom is -0.481 e. The molecule has 5 N–H and O–H groups in total. The summed E-state index contributed by atoms with van der Waals surface area (Å²) in [5, 5.41) is 20.5. The number of methoxy groups -OCH3 is 1. The molecule has 0 aromatic carbocycles. The molecule has 0 saturated heterocycles. The highest BCUT2D eigenvalue weighted by Gasteiger charge is 2.30. The largest absolute Gasteiger partial charge is 0.481 e. The van der Waals surface area contributed by atoms with Crippen molar-refractivity contribution >= 4 is 17.8 Å². The third kappa shape index (κ3) is 6.16. The lowest BCUT2D eigenvalue weighted by atomic mass is 10.1. The van der Waals surface area contributed by atoms with Crippen LogP contribution in [0.2, 0.25) is 0 Å². The van der Waals surface area contributed by atoms with E-state index >= 15 is 0 Å². The number of nitrogens with two attached hydrogens (primary N) is 1. The predicted octanol–water partition coefficient (Wildman–Crippen LogP) is -1.39. The van der Waals surface area contributed by atoms with Gasteiger partial charge < -0.3 is 26.0 Å². The van der Waals surface area contributed by atoms with Crippen molar-refractivity contribution in [1.29, 1.82) is 0 Å². The molecule has 3 atom stereocenters. The summed E-state index contributed by atoms with van der Waals surface area (Å²) in [5.74, 6) is -2.86. The van der Waals surface area contributed by atoms with E-state index in [0.717, 1.165) is 7.11 Å². The summed E-state index contributed by atoms with van der Waals surface area (Å²) < 4.78 is 4.47. The Morgan fingerprint density at radius 3 is 2.37 bits per heavy atom. The van der Waals surface area contributed by atoms with E-state index in [0.29, 0.717) is 6.42 Å². The van der Waals surface area contributed by atoms with Crippen LogP contribution in [0.4, 0.5) is 0 Å². The molecule has 19 heavy (non-hydrogen) atoms. The van der Waals surface area contributed by atoms with Gasteiger partial charge in [0.05, 0.1) is 25.7 Å². The summed E-state index contributed by atoms with van der Waals surface area (Å²) in [6, 6.07) is -2.55. The molecule has 8 heteroatoms. The Bertz CT molecular complexity index is 333. The number of aliphatic hydroxyl groups is 1. The molecule has 0 saturated carbocycles. The average Bonchev–Trinajstić information content (AvgIpc) is 2.33. The fraction of sp³-hybridized carbons (Fsp3) is 0.727. The lowest BCUT2D eigenvalue weighted by Crippen LogP contribution is -2.54. The van der Waals surface area contributed by atoms with E-state index in [4.69, 9.17) is 10.8 Å². The van der Waals surface area contributed by atoms with Crippen molar-refractivity contribution in [2.45, 2.75) is 44.4 Å². The number of ether oxygens (including phenoxy) is 1. The maximum absolute atomic E-state index is 11.6. The molecule has 0 heterocycles. The molecular weight excluding hydrogens is 256 g/mol. The van der Waals surface area contributed by atoms with E-state index < -0.39 is 42.5 Å². The second-order valence-corrected chi connectivity index (χ2v) is 4.07. The van der Waals surface area contributed by atoms with Crippen LogP contribution in [-0.4, -0.2) is 53.4 Å². The van der Waals surface area contributed by atoms with Gasteiger partial charge >= 0.3 is 11.9 Å². The van der Waals surface area contributed by atoms with E-state index in [1.807, 2.05) is 0 Å². The van der Waals surface area contributed by atoms with E-state index in [2.05, 4.69) is 10.1 Å². The quantitative estimate of drug-likeness (QED) is 0.400. The monoisotopic (exact) mass is 276 g/mol. The molecule has 0 aromatic heterocycles. The number of rotatable bonds is 8. The molecule has 1 unspecified atom stereocenters. The van der Waals surface area contributed by atoms with E-state index in [1.165, 1.54) is 0 Å².